The van der Waals surface area contributed by atoms with Crippen molar-refractivity contribution >= 4 is 23.2 Å². The number of allylic oxidation sites excluding steroid dienone is 1. The van der Waals surface area contributed by atoms with Gasteiger partial charge in [-0.2, -0.15) is 0 Å². The number of halogens is 1. The molecule has 2 bridgehead atoms. The number of rotatable bonds is 1. The molecule has 1 aliphatic carbocycles. The molecule has 0 aromatic heterocycles. The van der Waals surface area contributed by atoms with E-state index in [0.29, 0.717) is 26.0 Å². The van der Waals surface area contributed by atoms with E-state index in [9.17, 15) is 4.79 Å². The Morgan fingerprint density at radius 1 is 1.05 bits per heavy atom. The van der Waals surface area contributed by atoms with Gasteiger partial charge in [-0.1, -0.05) is 35.9 Å². The third-order valence-corrected chi connectivity index (χ3v) is 8.54. The fraction of sp³-hybridized carbons (Fsp3) is 0.545. The van der Waals surface area contributed by atoms with Crippen molar-refractivity contribution in [1.29, 1.82) is 0 Å². The Hall–Kier alpha value is -2.50. The molecule has 1 spiro atoms. The second kappa shape index (κ2) is 11.5. The van der Waals surface area contributed by atoms with Gasteiger partial charge in [-0.05, 0) is 107 Å². The van der Waals surface area contributed by atoms with Crippen LogP contribution in [0.3, 0.4) is 0 Å². The van der Waals surface area contributed by atoms with Crippen LogP contribution < -0.4 is 9.64 Å². The van der Waals surface area contributed by atoms with E-state index in [1.807, 2.05) is 18.0 Å². The van der Waals surface area contributed by atoms with Crippen molar-refractivity contribution in [3.63, 3.8) is 0 Å². The monoisotopic (exact) mass is 550 g/mol. The SMILES string of the molecule is CN1C/C=C/CCCC(OC(C)(C)C)N2C[C@@]3(CCCc4cc(Cl)ccc43)COc3ccc(cc32)CCC1=O. The highest BCUT2D eigenvalue weighted by Gasteiger charge is 2.43. The van der Waals surface area contributed by atoms with E-state index < -0.39 is 0 Å². The van der Waals surface area contributed by atoms with Crippen molar-refractivity contribution in [2.24, 2.45) is 0 Å². The molecule has 2 aliphatic heterocycles. The fourth-order valence-corrected chi connectivity index (χ4v) is 6.53. The summed E-state index contributed by atoms with van der Waals surface area (Å²) in [4.78, 5) is 17.1. The average molecular weight is 551 g/mol. The minimum atomic E-state index is -0.297. The van der Waals surface area contributed by atoms with Crippen LogP contribution >= 0.6 is 11.6 Å². The van der Waals surface area contributed by atoms with Crippen molar-refractivity contribution in [2.45, 2.75) is 89.4 Å². The van der Waals surface area contributed by atoms with Crippen LogP contribution in [-0.2, 0) is 27.8 Å². The second-order valence-electron chi connectivity index (χ2n) is 12.5. The molecular formula is C33H43ClN2O3. The van der Waals surface area contributed by atoms with Gasteiger partial charge in [0, 0.05) is 37.0 Å². The summed E-state index contributed by atoms with van der Waals surface area (Å²) >= 11 is 6.43. The summed E-state index contributed by atoms with van der Waals surface area (Å²) < 4.78 is 13.5. The topological polar surface area (TPSA) is 42.0 Å². The molecule has 5 rings (SSSR count). The maximum atomic E-state index is 12.8. The Kier molecular flexibility index (Phi) is 8.30. The first-order chi connectivity index (χ1) is 18.6. The lowest BCUT2D eigenvalue weighted by Crippen LogP contribution is -2.51. The van der Waals surface area contributed by atoms with Crippen molar-refractivity contribution in [2.75, 3.05) is 31.6 Å². The first-order valence-corrected chi connectivity index (χ1v) is 14.9. The highest BCUT2D eigenvalue weighted by Crippen LogP contribution is 2.46. The summed E-state index contributed by atoms with van der Waals surface area (Å²) in [5, 5.41) is 0.796. The average Bonchev–Trinajstić information content (AvgIpc) is 3.04. The molecule has 0 fully saturated rings. The third kappa shape index (κ3) is 6.47. The van der Waals surface area contributed by atoms with Gasteiger partial charge in [0.25, 0.3) is 0 Å². The molecule has 0 saturated carbocycles. The molecule has 2 atom stereocenters. The number of aryl methyl sites for hydroxylation is 2. The van der Waals surface area contributed by atoms with Crippen LogP contribution in [0.4, 0.5) is 5.69 Å². The van der Waals surface area contributed by atoms with Crippen LogP contribution in [0.1, 0.15) is 76.0 Å². The number of amides is 1. The lowest BCUT2D eigenvalue weighted by atomic mass is 9.70. The summed E-state index contributed by atoms with van der Waals surface area (Å²) in [6, 6.07) is 12.9. The van der Waals surface area contributed by atoms with Crippen LogP contribution in [0, 0.1) is 0 Å². The molecule has 2 aromatic carbocycles. The molecule has 1 amide bonds. The minimum absolute atomic E-state index is 0.0990. The standard InChI is InChI=1S/C33H43ClN2O3/c1-32(2,3)39-31-11-7-5-6-8-19-35(4)30(37)17-13-24-12-16-29-28(20-24)36(31)22-33(23-38-29)18-9-10-25-21-26(34)14-15-27(25)33/h6,8,12,14-16,20-21,31H,5,7,9-11,13,17-19,22-23H2,1-4H3/b8-6+/t31?,33-/m0/s1. The molecule has 39 heavy (non-hydrogen) atoms. The Labute approximate surface area is 239 Å². The van der Waals surface area contributed by atoms with Gasteiger partial charge in [0.1, 0.15) is 12.0 Å². The van der Waals surface area contributed by atoms with Crippen molar-refractivity contribution < 1.29 is 14.3 Å². The van der Waals surface area contributed by atoms with E-state index in [2.05, 4.69) is 68.2 Å². The number of carbonyl (C=O) groups excluding carboxylic acids is 1. The first kappa shape index (κ1) is 28.0. The molecule has 2 aromatic rings. The number of fused-ring (bicyclic) bond motifs is 3. The first-order valence-electron chi connectivity index (χ1n) is 14.5. The van der Waals surface area contributed by atoms with Gasteiger partial charge in [0.05, 0.1) is 17.9 Å². The zero-order valence-electron chi connectivity index (χ0n) is 24.0. The second-order valence-corrected chi connectivity index (χ2v) is 13.0. The quantitative estimate of drug-likeness (QED) is 0.356. The van der Waals surface area contributed by atoms with Crippen molar-refractivity contribution in [3.05, 3.63) is 70.3 Å². The molecule has 0 saturated heterocycles. The van der Waals surface area contributed by atoms with Crippen LogP contribution in [0.15, 0.2) is 48.6 Å². The number of hydrogen-bond donors (Lipinski definition) is 0. The zero-order chi connectivity index (χ0) is 27.6. The van der Waals surface area contributed by atoms with E-state index in [-0.39, 0.29) is 23.2 Å². The fourth-order valence-electron chi connectivity index (χ4n) is 6.34. The molecule has 1 unspecified atom stereocenters. The predicted molar refractivity (Wildman–Crippen MR) is 159 cm³/mol. The van der Waals surface area contributed by atoms with Crippen molar-refractivity contribution in [3.8, 4) is 5.75 Å². The minimum Gasteiger partial charge on any atom is -0.490 e. The van der Waals surface area contributed by atoms with Crippen LogP contribution in [0.25, 0.3) is 0 Å². The van der Waals surface area contributed by atoms with Gasteiger partial charge in [-0.3, -0.25) is 4.79 Å². The molecular weight excluding hydrogens is 508 g/mol. The van der Waals surface area contributed by atoms with Gasteiger partial charge >= 0.3 is 0 Å². The normalized spacial score (nSPS) is 25.3. The third-order valence-electron chi connectivity index (χ3n) is 8.31. The Bertz CT molecular complexity index is 1220. The summed E-state index contributed by atoms with van der Waals surface area (Å²) in [5.74, 6) is 1.06. The largest absolute Gasteiger partial charge is 0.490 e. The van der Waals surface area contributed by atoms with Gasteiger partial charge in [-0.25, -0.2) is 0 Å². The molecule has 5 nitrogen and oxygen atoms in total. The van der Waals surface area contributed by atoms with E-state index in [1.165, 1.54) is 11.1 Å². The van der Waals surface area contributed by atoms with Crippen LogP contribution in [-0.4, -0.2) is 49.4 Å². The lowest BCUT2D eigenvalue weighted by Gasteiger charge is -2.44. The summed E-state index contributed by atoms with van der Waals surface area (Å²) in [7, 11) is 1.89. The Morgan fingerprint density at radius 3 is 2.72 bits per heavy atom. The number of anilines is 1. The van der Waals surface area contributed by atoms with E-state index in [4.69, 9.17) is 21.1 Å². The van der Waals surface area contributed by atoms with Gasteiger partial charge in [0.2, 0.25) is 5.91 Å². The molecule has 2 heterocycles. The van der Waals surface area contributed by atoms with Crippen LogP contribution in [0.5, 0.6) is 5.75 Å². The van der Waals surface area contributed by atoms with Crippen molar-refractivity contribution in [1.82, 2.24) is 4.90 Å². The maximum Gasteiger partial charge on any atom is 0.222 e. The number of ether oxygens (including phenoxy) is 2. The molecule has 6 heteroatoms. The number of carbonyl (C=O) groups is 1. The number of nitrogens with zero attached hydrogens (tertiary/aromatic N) is 2. The summed E-state index contributed by atoms with van der Waals surface area (Å²) in [6.07, 6.45) is 11.5. The Balaban J connectivity index is 1.59. The number of likely N-dealkylation sites (N-methyl/N-ethyl adjacent to an activating group) is 1. The maximum absolute atomic E-state index is 12.8. The summed E-state index contributed by atoms with van der Waals surface area (Å²) in [6.45, 7) is 8.52. The molecule has 210 valence electrons. The molecule has 0 radical (unpaired) electrons. The molecule has 0 N–H and O–H groups in total. The van der Waals surface area contributed by atoms with E-state index in [1.54, 1.807) is 0 Å². The van der Waals surface area contributed by atoms with Gasteiger partial charge < -0.3 is 19.3 Å². The Morgan fingerprint density at radius 2 is 1.90 bits per heavy atom. The number of hydrogen-bond acceptors (Lipinski definition) is 4. The predicted octanol–water partition coefficient (Wildman–Crippen LogP) is 7.09. The van der Waals surface area contributed by atoms with Gasteiger partial charge in [-0.15, -0.1) is 0 Å². The van der Waals surface area contributed by atoms with E-state index >= 15 is 0 Å². The highest BCUT2D eigenvalue weighted by molar-refractivity contribution is 6.30. The smallest absolute Gasteiger partial charge is 0.222 e. The lowest BCUT2D eigenvalue weighted by molar-refractivity contribution is -0.129. The number of benzene rings is 2. The highest BCUT2D eigenvalue weighted by atomic mass is 35.5. The molecule has 3 aliphatic rings. The van der Waals surface area contributed by atoms with Crippen LogP contribution in [0.2, 0.25) is 5.02 Å². The summed E-state index contributed by atoms with van der Waals surface area (Å²) in [5.41, 5.74) is 4.46. The van der Waals surface area contributed by atoms with E-state index in [0.717, 1.165) is 67.1 Å². The zero-order valence-corrected chi connectivity index (χ0v) is 24.7. The van der Waals surface area contributed by atoms with Gasteiger partial charge in [0.15, 0.2) is 0 Å².